The Labute approximate surface area is 365 Å². The van der Waals surface area contributed by atoms with E-state index in [9.17, 15) is 48.6 Å². The quantitative estimate of drug-likeness (QED) is 0.0336. The minimum Gasteiger partial charge on any atom is -0.481 e. The molecule has 62 heavy (non-hydrogen) atoms. The maximum absolute atomic E-state index is 12.8. The van der Waals surface area contributed by atoms with Gasteiger partial charge in [0.05, 0.1) is 72.7 Å². The number of carboxylic acids is 4. The van der Waals surface area contributed by atoms with E-state index in [1.165, 1.54) is 0 Å². The van der Waals surface area contributed by atoms with Crippen molar-refractivity contribution >= 4 is 60.0 Å². The number of carbonyl (C=O) groups excluding carboxylic acids is 4. The molecule has 21 nitrogen and oxygen atoms in total. The second kappa shape index (κ2) is 34.8. The van der Waals surface area contributed by atoms with Gasteiger partial charge in [0.1, 0.15) is 29.7 Å². The first-order valence-corrected chi connectivity index (χ1v) is 20.8. The van der Waals surface area contributed by atoms with Gasteiger partial charge in [0.15, 0.2) is 0 Å². The lowest BCUT2D eigenvalue weighted by molar-refractivity contribution is -0.142. The first kappa shape index (κ1) is 55.3. The summed E-state index contributed by atoms with van der Waals surface area (Å²) < 4.78 is 32.7. The van der Waals surface area contributed by atoms with E-state index in [1.54, 1.807) is 0 Å². The van der Waals surface area contributed by atoms with Gasteiger partial charge in [-0.3, -0.25) is 19.2 Å². The number of ether oxygens (including phenoxy) is 6. The van der Waals surface area contributed by atoms with Gasteiger partial charge in [-0.05, 0) is 31.2 Å². The van der Waals surface area contributed by atoms with E-state index in [0.29, 0.717) is 59.3 Å². The molecule has 0 fully saturated rings. The third-order valence-corrected chi connectivity index (χ3v) is 9.03. The molecule has 1 aromatic carbocycles. The Morgan fingerprint density at radius 3 is 1.42 bits per heavy atom. The summed E-state index contributed by atoms with van der Waals surface area (Å²) in [5, 5.41) is 43.0. The molecule has 0 aliphatic carbocycles. The van der Waals surface area contributed by atoms with E-state index in [-0.39, 0.29) is 82.3 Å². The van der Waals surface area contributed by atoms with Crippen molar-refractivity contribution in [1.29, 1.82) is 0 Å². The molecule has 7 N–H and O–H groups in total. The number of urea groups is 1. The Kier molecular flexibility index (Phi) is 31.1. The van der Waals surface area contributed by atoms with Gasteiger partial charge in [-0.2, -0.15) is 12.6 Å². The average molecular weight is 904 g/mol. The number of Topliss-reactive ketones (excluding diaryl/α,β-unsaturated/α-hetero) is 2. The lowest BCUT2D eigenvalue weighted by atomic mass is 9.92. The predicted molar refractivity (Wildman–Crippen MR) is 221 cm³/mol. The summed E-state index contributed by atoms with van der Waals surface area (Å²) in [4.78, 5) is 94.5. The zero-order valence-electron chi connectivity index (χ0n) is 34.7. The second-order valence-electron chi connectivity index (χ2n) is 13.6. The second-order valence-corrected chi connectivity index (χ2v) is 14.0. The maximum atomic E-state index is 12.8. The summed E-state index contributed by atoms with van der Waals surface area (Å²) in [6.45, 7) is 3.63. The Morgan fingerprint density at radius 1 is 0.516 bits per heavy atom. The number of nitrogens with one attached hydrogen (secondary N) is 3. The van der Waals surface area contributed by atoms with Crippen LogP contribution in [0, 0.1) is 5.92 Å². The van der Waals surface area contributed by atoms with Crippen LogP contribution in [0.4, 0.5) is 4.79 Å². The molecule has 0 aliphatic rings. The van der Waals surface area contributed by atoms with Crippen LogP contribution in [0.3, 0.4) is 0 Å². The number of carboxylic acid groups (broad SMARTS) is 4. The fourth-order valence-electron chi connectivity index (χ4n) is 5.34. The summed E-state index contributed by atoms with van der Waals surface area (Å²) in [5.41, 5.74) is 0.851. The van der Waals surface area contributed by atoms with Crippen molar-refractivity contribution in [3.8, 4) is 0 Å². The number of rotatable bonds is 40. The van der Waals surface area contributed by atoms with Gasteiger partial charge in [0, 0.05) is 50.4 Å². The largest absolute Gasteiger partial charge is 0.481 e. The van der Waals surface area contributed by atoms with Crippen LogP contribution in [0.25, 0.3) is 0 Å². The fourth-order valence-corrected chi connectivity index (χ4v) is 5.59. The Balaban J connectivity index is 2.02. The van der Waals surface area contributed by atoms with Crippen molar-refractivity contribution in [2.75, 3.05) is 85.0 Å². The van der Waals surface area contributed by atoms with Crippen LogP contribution in [0.2, 0.25) is 0 Å². The SMILES string of the molecule is O=C(O)CC[C@H](NC(=O)N[C@@H](CCC(=O)CCCOCCOCCOCCOCCOCCOCCC(=O)C[C@@H](Cc1ccccc1)C(=O)N[C@@H](CS)C(=O)O)C(=O)O)C(=O)O. The van der Waals surface area contributed by atoms with Gasteiger partial charge in [-0.25, -0.2) is 19.2 Å². The normalized spacial score (nSPS) is 13.0. The molecule has 0 heterocycles. The van der Waals surface area contributed by atoms with Crippen molar-refractivity contribution in [2.24, 2.45) is 5.92 Å². The number of thiol groups is 1. The third kappa shape index (κ3) is 28.7. The highest BCUT2D eigenvalue weighted by Crippen LogP contribution is 2.15. The Bertz CT molecular complexity index is 1500. The van der Waals surface area contributed by atoms with Gasteiger partial charge in [-0.15, -0.1) is 0 Å². The fraction of sp³-hybridized carbons (Fsp3) is 0.650. The van der Waals surface area contributed by atoms with Gasteiger partial charge < -0.3 is 64.8 Å². The molecule has 0 saturated heterocycles. The average Bonchev–Trinajstić information content (AvgIpc) is 3.23. The number of hydrogen-bond acceptors (Lipinski definition) is 15. The summed E-state index contributed by atoms with van der Waals surface area (Å²) >= 11 is 3.98. The van der Waals surface area contributed by atoms with E-state index in [4.69, 9.17) is 38.6 Å². The summed E-state index contributed by atoms with van der Waals surface area (Å²) in [6.07, 6.45) is -0.456. The lowest BCUT2D eigenvalue weighted by Gasteiger charge is -2.19. The van der Waals surface area contributed by atoms with Crippen LogP contribution < -0.4 is 16.0 Å². The standard InChI is InChI=1S/C40H61N3O18S/c44-30(8-9-32(37(49)50)42-40(55)43-33(38(51)52)10-11-35(46)47)7-4-13-56-15-17-58-19-21-60-23-24-61-22-20-59-18-16-57-14-12-31(45)26-29(25-28-5-2-1-3-6-28)36(48)41-34(27-62)39(53)54/h1-3,5-6,29,32-34,62H,4,7-27H2,(H,41,48)(H,46,47)(H,49,50)(H,51,52)(H,53,54)(H2,42,43,55)/t29-,32+,33+,34+/m1/s1. The molecule has 0 bridgehead atoms. The zero-order valence-corrected chi connectivity index (χ0v) is 35.6. The molecular weight excluding hydrogens is 843 g/mol. The summed E-state index contributed by atoms with van der Waals surface area (Å²) in [6, 6.07) is 3.91. The first-order valence-electron chi connectivity index (χ1n) is 20.2. The predicted octanol–water partition coefficient (Wildman–Crippen LogP) is 0.993. The van der Waals surface area contributed by atoms with Crippen LogP contribution >= 0.6 is 12.6 Å². The number of hydrogen-bond donors (Lipinski definition) is 8. The Hall–Kier alpha value is -4.71. The molecule has 3 amide bonds. The van der Waals surface area contributed by atoms with E-state index < -0.39 is 72.7 Å². The smallest absolute Gasteiger partial charge is 0.327 e. The Morgan fingerprint density at radius 2 is 0.968 bits per heavy atom. The van der Waals surface area contributed by atoms with Gasteiger partial charge in [-0.1, -0.05) is 30.3 Å². The molecule has 22 heteroatoms. The zero-order chi connectivity index (χ0) is 46.0. The van der Waals surface area contributed by atoms with Crippen molar-refractivity contribution in [1.82, 2.24) is 16.0 Å². The van der Waals surface area contributed by atoms with Crippen LogP contribution in [-0.4, -0.2) is 171 Å². The van der Waals surface area contributed by atoms with Crippen LogP contribution in [-0.2, 0) is 68.4 Å². The van der Waals surface area contributed by atoms with Gasteiger partial charge in [0.25, 0.3) is 0 Å². The molecule has 0 radical (unpaired) electrons. The molecule has 0 aromatic heterocycles. The van der Waals surface area contributed by atoms with Crippen molar-refractivity contribution in [3.63, 3.8) is 0 Å². The molecule has 0 unspecified atom stereocenters. The van der Waals surface area contributed by atoms with E-state index in [2.05, 4.69) is 23.3 Å². The van der Waals surface area contributed by atoms with E-state index >= 15 is 0 Å². The highest BCUT2D eigenvalue weighted by Gasteiger charge is 2.27. The number of amides is 3. The first-order chi connectivity index (χ1) is 29.7. The monoisotopic (exact) mass is 903 g/mol. The molecule has 1 rings (SSSR count). The maximum Gasteiger partial charge on any atom is 0.327 e. The molecule has 350 valence electrons. The lowest BCUT2D eigenvalue weighted by Crippen LogP contribution is -2.51. The topological polar surface area (TPSA) is 309 Å². The highest BCUT2D eigenvalue weighted by atomic mass is 32.1. The molecule has 4 atom stereocenters. The molecule has 1 aromatic rings. The molecule has 0 saturated carbocycles. The van der Waals surface area contributed by atoms with Crippen molar-refractivity contribution < 1.29 is 87.2 Å². The van der Waals surface area contributed by atoms with E-state index in [1.807, 2.05) is 35.6 Å². The minimum absolute atomic E-state index is 0.0585. The minimum atomic E-state index is -1.53. The third-order valence-electron chi connectivity index (χ3n) is 8.66. The van der Waals surface area contributed by atoms with E-state index in [0.717, 1.165) is 5.56 Å². The van der Waals surface area contributed by atoms with Crippen LogP contribution in [0.5, 0.6) is 0 Å². The summed E-state index contributed by atoms with van der Waals surface area (Å²) in [7, 11) is 0. The number of carbonyl (C=O) groups is 8. The van der Waals surface area contributed by atoms with Crippen molar-refractivity contribution in [3.05, 3.63) is 35.9 Å². The molecule has 0 aliphatic heterocycles. The number of benzene rings is 1. The molecular formula is C40H61N3O18S. The number of ketones is 2. The summed E-state index contributed by atoms with van der Waals surface area (Å²) in [5.74, 6) is -7.12. The highest BCUT2D eigenvalue weighted by molar-refractivity contribution is 7.80. The number of aliphatic carboxylic acids is 4. The van der Waals surface area contributed by atoms with Crippen LogP contribution in [0.1, 0.15) is 56.9 Å². The van der Waals surface area contributed by atoms with Gasteiger partial charge in [0.2, 0.25) is 5.91 Å². The van der Waals surface area contributed by atoms with Crippen LogP contribution in [0.15, 0.2) is 30.3 Å². The molecule has 0 spiro atoms. The van der Waals surface area contributed by atoms with Gasteiger partial charge >= 0.3 is 29.9 Å². The van der Waals surface area contributed by atoms with Crippen molar-refractivity contribution in [2.45, 2.75) is 75.9 Å².